The summed E-state index contributed by atoms with van der Waals surface area (Å²) in [4.78, 5) is 28.2. The van der Waals surface area contributed by atoms with E-state index in [4.69, 9.17) is 35.3 Å². The normalized spacial score (nSPS) is 17.6. The van der Waals surface area contributed by atoms with Gasteiger partial charge in [-0.25, -0.2) is 0 Å². The molecule has 2 aliphatic heterocycles. The average molecular weight is 538 g/mol. The number of benzene rings is 3. The van der Waals surface area contributed by atoms with Crippen LogP contribution in [0.15, 0.2) is 60.2 Å². The molecule has 1 amide bonds. The molecule has 0 radical (unpaired) electrons. The number of carbonyl (C=O) groups is 2. The average Bonchev–Trinajstić information content (AvgIpc) is 3.50. The standard InChI is InChI=1S/C28H24ClNO8/c1-34-17-7-5-16(6-8-17)25-24(26(31)18-11-19(29)22(36-3)12-21(18)35-2)27(32)28(33)30(25)13-15-4-9-20-23(10-15)38-14-37-20/h4-12,25,31H,13-14H2,1-3H3/b26-24+. The van der Waals surface area contributed by atoms with Gasteiger partial charge < -0.3 is 33.7 Å². The summed E-state index contributed by atoms with van der Waals surface area (Å²) in [5.74, 6) is 0.295. The van der Waals surface area contributed by atoms with Crippen LogP contribution < -0.4 is 23.7 Å². The van der Waals surface area contributed by atoms with E-state index in [1.165, 1.54) is 31.3 Å². The molecule has 0 bridgehead atoms. The van der Waals surface area contributed by atoms with E-state index in [1.807, 2.05) is 0 Å². The van der Waals surface area contributed by atoms with Crippen LogP contribution in [-0.2, 0) is 16.1 Å². The van der Waals surface area contributed by atoms with Crippen LogP contribution in [0.5, 0.6) is 28.7 Å². The van der Waals surface area contributed by atoms with Crippen LogP contribution in [0.4, 0.5) is 0 Å². The Morgan fingerprint density at radius 1 is 0.947 bits per heavy atom. The lowest BCUT2D eigenvalue weighted by molar-refractivity contribution is -0.140. The van der Waals surface area contributed by atoms with Crippen LogP contribution in [0.2, 0.25) is 5.02 Å². The van der Waals surface area contributed by atoms with E-state index >= 15 is 0 Å². The maximum Gasteiger partial charge on any atom is 0.295 e. The summed E-state index contributed by atoms with van der Waals surface area (Å²) in [5, 5.41) is 11.7. The fourth-order valence-electron chi connectivity index (χ4n) is 4.60. The second-order valence-electron chi connectivity index (χ2n) is 8.57. The number of aliphatic hydroxyl groups is 1. The van der Waals surface area contributed by atoms with Gasteiger partial charge in [0.05, 0.1) is 43.5 Å². The summed E-state index contributed by atoms with van der Waals surface area (Å²) in [6.07, 6.45) is 0. The number of halogens is 1. The van der Waals surface area contributed by atoms with Crippen molar-refractivity contribution in [3.05, 3.63) is 81.9 Å². The van der Waals surface area contributed by atoms with Crippen molar-refractivity contribution in [3.8, 4) is 28.7 Å². The fourth-order valence-corrected chi connectivity index (χ4v) is 4.84. The first-order valence-electron chi connectivity index (χ1n) is 11.6. The van der Waals surface area contributed by atoms with Crippen LogP contribution in [0.1, 0.15) is 22.7 Å². The number of likely N-dealkylation sites (tertiary alicyclic amines) is 1. The number of hydrogen-bond acceptors (Lipinski definition) is 8. The monoisotopic (exact) mass is 537 g/mol. The molecule has 1 atom stereocenters. The number of ether oxygens (including phenoxy) is 5. The van der Waals surface area contributed by atoms with Gasteiger partial charge in [-0.1, -0.05) is 29.8 Å². The van der Waals surface area contributed by atoms with Crippen LogP contribution in [0.25, 0.3) is 5.76 Å². The van der Waals surface area contributed by atoms with Crippen LogP contribution >= 0.6 is 11.6 Å². The van der Waals surface area contributed by atoms with Gasteiger partial charge >= 0.3 is 0 Å². The van der Waals surface area contributed by atoms with Crippen LogP contribution in [0.3, 0.4) is 0 Å². The summed E-state index contributed by atoms with van der Waals surface area (Å²) < 4.78 is 26.8. The number of amides is 1. The Bertz CT molecular complexity index is 1450. The predicted octanol–water partition coefficient (Wildman–Crippen LogP) is 4.72. The molecule has 38 heavy (non-hydrogen) atoms. The number of ketones is 1. The molecular formula is C28H24ClNO8. The smallest absolute Gasteiger partial charge is 0.295 e. The Hall–Kier alpha value is -4.37. The highest BCUT2D eigenvalue weighted by molar-refractivity contribution is 6.46. The van der Waals surface area contributed by atoms with Crippen molar-refractivity contribution in [2.45, 2.75) is 12.6 Å². The number of carbonyl (C=O) groups excluding carboxylic acids is 2. The zero-order chi connectivity index (χ0) is 27.0. The molecular weight excluding hydrogens is 514 g/mol. The fraction of sp³-hybridized carbons (Fsp3) is 0.214. The van der Waals surface area contributed by atoms with E-state index in [0.29, 0.717) is 28.6 Å². The number of nitrogens with zero attached hydrogens (tertiary/aromatic N) is 1. The minimum absolute atomic E-state index is 0.0786. The van der Waals surface area contributed by atoms with E-state index in [2.05, 4.69) is 0 Å². The topological polar surface area (TPSA) is 104 Å². The van der Waals surface area contributed by atoms with Crippen molar-refractivity contribution in [3.63, 3.8) is 0 Å². The van der Waals surface area contributed by atoms with Gasteiger partial charge in [-0.3, -0.25) is 9.59 Å². The van der Waals surface area contributed by atoms with Crippen LogP contribution in [0, 0.1) is 0 Å². The van der Waals surface area contributed by atoms with Gasteiger partial charge in [0.15, 0.2) is 11.5 Å². The molecule has 1 unspecified atom stereocenters. The maximum atomic E-state index is 13.4. The van der Waals surface area contributed by atoms with Crippen molar-refractivity contribution < 1.29 is 38.4 Å². The zero-order valence-corrected chi connectivity index (χ0v) is 21.6. The number of rotatable bonds is 7. The molecule has 3 aromatic rings. The lowest BCUT2D eigenvalue weighted by atomic mass is 9.94. The zero-order valence-electron chi connectivity index (χ0n) is 20.8. The van der Waals surface area contributed by atoms with E-state index in [9.17, 15) is 14.7 Å². The highest BCUT2D eigenvalue weighted by atomic mass is 35.5. The number of aliphatic hydroxyl groups excluding tert-OH is 1. The van der Waals surface area contributed by atoms with E-state index < -0.39 is 23.5 Å². The SMILES string of the molecule is COc1ccc(C2/C(=C(\O)c3cc(Cl)c(OC)cc3OC)C(=O)C(=O)N2Cc2ccc3c(c2)OCO3)cc1. The van der Waals surface area contributed by atoms with Crippen molar-refractivity contribution in [2.24, 2.45) is 0 Å². The van der Waals surface area contributed by atoms with Gasteiger partial charge in [0, 0.05) is 12.6 Å². The summed E-state index contributed by atoms with van der Waals surface area (Å²) >= 11 is 6.33. The van der Waals surface area contributed by atoms with Gasteiger partial charge in [-0.2, -0.15) is 0 Å². The molecule has 0 saturated carbocycles. The second-order valence-corrected chi connectivity index (χ2v) is 8.98. The highest BCUT2D eigenvalue weighted by Gasteiger charge is 2.46. The first kappa shape index (κ1) is 25.3. The lowest BCUT2D eigenvalue weighted by Gasteiger charge is -2.26. The Morgan fingerprint density at radius 3 is 2.34 bits per heavy atom. The molecule has 1 N–H and O–H groups in total. The van der Waals surface area contributed by atoms with E-state index in [0.717, 1.165) is 5.56 Å². The number of methoxy groups -OCH3 is 3. The lowest BCUT2D eigenvalue weighted by Crippen LogP contribution is -2.29. The first-order chi connectivity index (χ1) is 18.4. The Labute approximate surface area is 223 Å². The molecule has 10 heteroatoms. The van der Waals surface area contributed by atoms with Gasteiger partial charge in [-0.15, -0.1) is 0 Å². The first-order valence-corrected chi connectivity index (χ1v) is 12.0. The number of Topliss-reactive ketones (excluding diaryl/α,β-unsaturated/α-hetero) is 1. The van der Waals surface area contributed by atoms with Crippen LogP contribution in [-0.4, -0.2) is 49.8 Å². The third kappa shape index (κ3) is 4.35. The highest BCUT2D eigenvalue weighted by Crippen LogP contribution is 2.44. The van der Waals surface area contributed by atoms with Crippen molar-refractivity contribution in [1.29, 1.82) is 0 Å². The van der Waals surface area contributed by atoms with Gasteiger partial charge in [0.2, 0.25) is 6.79 Å². The molecule has 0 spiro atoms. The molecule has 9 nitrogen and oxygen atoms in total. The minimum Gasteiger partial charge on any atom is -0.507 e. The molecule has 2 aliphatic rings. The number of hydrogen-bond donors (Lipinski definition) is 1. The van der Waals surface area contributed by atoms with Gasteiger partial charge in [0.25, 0.3) is 11.7 Å². The quantitative estimate of drug-likeness (QED) is 0.262. The van der Waals surface area contributed by atoms with Gasteiger partial charge in [-0.05, 0) is 41.5 Å². The predicted molar refractivity (Wildman–Crippen MR) is 138 cm³/mol. The Balaban J connectivity index is 1.65. The molecule has 0 aliphatic carbocycles. The van der Waals surface area contributed by atoms with E-state index in [-0.39, 0.29) is 35.2 Å². The number of fused-ring (bicyclic) bond motifs is 1. The summed E-state index contributed by atoms with van der Waals surface area (Å²) in [7, 11) is 4.41. The molecule has 0 aromatic heterocycles. The molecule has 5 rings (SSSR count). The molecule has 196 valence electrons. The minimum atomic E-state index is -0.906. The van der Waals surface area contributed by atoms with Gasteiger partial charge in [0.1, 0.15) is 23.0 Å². The van der Waals surface area contributed by atoms with Crippen molar-refractivity contribution in [1.82, 2.24) is 4.90 Å². The van der Waals surface area contributed by atoms with Crippen molar-refractivity contribution >= 4 is 29.1 Å². The summed E-state index contributed by atoms with van der Waals surface area (Å²) in [5.41, 5.74) is 1.38. The third-order valence-corrected chi connectivity index (χ3v) is 6.79. The molecule has 1 fully saturated rings. The molecule has 2 heterocycles. The Morgan fingerprint density at radius 2 is 1.66 bits per heavy atom. The van der Waals surface area contributed by atoms with Crippen molar-refractivity contribution in [2.75, 3.05) is 28.1 Å². The summed E-state index contributed by atoms with van der Waals surface area (Å²) in [6, 6.07) is 14.3. The Kier molecular flexibility index (Phi) is 6.77. The molecule has 1 saturated heterocycles. The third-order valence-electron chi connectivity index (χ3n) is 6.49. The summed E-state index contributed by atoms with van der Waals surface area (Å²) in [6.45, 7) is 0.191. The second kappa shape index (κ2) is 10.2. The largest absolute Gasteiger partial charge is 0.507 e. The molecule has 3 aromatic carbocycles. The van der Waals surface area contributed by atoms with E-state index in [1.54, 1.807) is 49.6 Å². The maximum absolute atomic E-state index is 13.4.